The van der Waals surface area contributed by atoms with E-state index in [0.29, 0.717) is 11.7 Å². The number of anilines is 1. The zero-order valence-corrected chi connectivity index (χ0v) is 11.9. The van der Waals surface area contributed by atoms with Gasteiger partial charge >= 0.3 is 5.97 Å². The Labute approximate surface area is 114 Å². The van der Waals surface area contributed by atoms with Gasteiger partial charge in [0.05, 0.1) is 6.54 Å². The molecule has 0 radical (unpaired) electrons. The summed E-state index contributed by atoms with van der Waals surface area (Å²) in [6.07, 6.45) is 0. The number of amides is 1. The Bertz CT molecular complexity index is 461. The van der Waals surface area contributed by atoms with Crippen molar-refractivity contribution in [2.24, 2.45) is 0 Å². The summed E-state index contributed by atoms with van der Waals surface area (Å²) in [6, 6.07) is 0. The highest BCUT2D eigenvalue weighted by molar-refractivity contribution is 7.18. The van der Waals surface area contributed by atoms with Crippen molar-refractivity contribution in [2.75, 3.05) is 32.1 Å². The van der Waals surface area contributed by atoms with E-state index in [1.807, 2.05) is 6.92 Å². The number of likely N-dealkylation sites (N-methyl/N-ethyl adjacent to an activating group) is 2. The standard InChI is InChI=1S/C10H14ClN3O3S/c1-4-14(5-6(15)13(2)3)10-12-8(11)7(18-10)9(16)17/h4-5H2,1-3H3,(H,16,17). The van der Waals surface area contributed by atoms with Crippen LogP contribution >= 0.6 is 22.9 Å². The van der Waals surface area contributed by atoms with Crippen LogP contribution in [-0.2, 0) is 4.79 Å². The number of aromatic nitrogens is 1. The van der Waals surface area contributed by atoms with Crippen LogP contribution in [0.4, 0.5) is 5.13 Å². The van der Waals surface area contributed by atoms with Gasteiger partial charge in [0.25, 0.3) is 0 Å². The molecule has 1 rings (SSSR count). The van der Waals surface area contributed by atoms with E-state index >= 15 is 0 Å². The van der Waals surface area contributed by atoms with Gasteiger partial charge in [-0.1, -0.05) is 22.9 Å². The molecule has 0 aliphatic heterocycles. The lowest BCUT2D eigenvalue weighted by molar-refractivity contribution is -0.127. The van der Waals surface area contributed by atoms with E-state index in [4.69, 9.17) is 16.7 Å². The van der Waals surface area contributed by atoms with Crippen molar-refractivity contribution in [1.82, 2.24) is 9.88 Å². The van der Waals surface area contributed by atoms with E-state index in [1.54, 1.807) is 19.0 Å². The molecule has 6 nitrogen and oxygen atoms in total. The minimum Gasteiger partial charge on any atom is -0.477 e. The summed E-state index contributed by atoms with van der Waals surface area (Å²) in [5, 5.41) is 9.29. The second-order valence-electron chi connectivity index (χ2n) is 3.72. The molecule has 1 aromatic heterocycles. The summed E-state index contributed by atoms with van der Waals surface area (Å²) >= 11 is 6.70. The average molecular weight is 292 g/mol. The lowest BCUT2D eigenvalue weighted by atomic mass is 10.5. The predicted molar refractivity (Wildman–Crippen MR) is 70.7 cm³/mol. The molecule has 0 aliphatic rings. The van der Waals surface area contributed by atoms with Crippen LogP contribution in [0.25, 0.3) is 0 Å². The number of carboxylic acid groups (broad SMARTS) is 1. The Balaban J connectivity index is 2.92. The molecule has 0 fully saturated rings. The normalized spacial score (nSPS) is 10.2. The van der Waals surface area contributed by atoms with Gasteiger partial charge in [0.15, 0.2) is 15.2 Å². The highest BCUT2D eigenvalue weighted by atomic mass is 35.5. The van der Waals surface area contributed by atoms with Crippen LogP contribution in [0.5, 0.6) is 0 Å². The third-order valence-electron chi connectivity index (χ3n) is 2.25. The van der Waals surface area contributed by atoms with E-state index in [9.17, 15) is 9.59 Å². The van der Waals surface area contributed by atoms with Gasteiger partial charge in [0.1, 0.15) is 0 Å². The highest BCUT2D eigenvalue weighted by Crippen LogP contribution is 2.29. The molecule has 18 heavy (non-hydrogen) atoms. The molecule has 0 saturated carbocycles. The van der Waals surface area contributed by atoms with Crippen molar-refractivity contribution >= 4 is 39.9 Å². The molecule has 0 unspecified atom stereocenters. The van der Waals surface area contributed by atoms with E-state index in [-0.39, 0.29) is 22.5 Å². The zero-order valence-electron chi connectivity index (χ0n) is 10.3. The third kappa shape index (κ3) is 3.33. The van der Waals surface area contributed by atoms with Crippen molar-refractivity contribution in [2.45, 2.75) is 6.92 Å². The maximum absolute atomic E-state index is 11.6. The molecule has 1 amide bonds. The van der Waals surface area contributed by atoms with E-state index in [1.165, 1.54) is 4.90 Å². The van der Waals surface area contributed by atoms with E-state index in [0.717, 1.165) is 11.3 Å². The van der Waals surface area contributed by atoms with Crippen molar-refractivity contribution in [3.05, 3.63) is 10.0 Å². The molecule has 0 bridgehead atoms. The Kier molecular flexibility index (Phi) is 4.92. The van der Waals surface area contributed by atoms with Gasteiger partial charge in [-0.05, 0) is 6.92 Å². The number of nitrogens with zero attached hydrogens (tertiary/aromatic N) is 3. The first-order chi connectivity index (χ1) is 8.36. The summed E-state index contributed by atoms with van der Waals surface area (Å²) in [7, 11) is 3.32. The number of hydrogen-bond donors (Lipinski definition) is 1. The molecule has 1 heterocycles. The number of carbonyl (C=O) groups is 2. The van der Waals surface area contributed by atoms with E-state index < -0.39 is 5.97 Å². The molecule has 100 valence electrons. The number of carboxylic acids is 1. The highest BCUT2D eigenvalue weighted by Gasteiger charge is 2.20. The number of halogens is 1. The smallest absolute Gasteiger partial charge is 0.349 e. The van der Waals surface area contributed by atoms with Crippen LogP contribution in [0, 0.1) is 0 Å². The van der Waals surface area contributed by atoms with Crippen LogP contribution in [0.15, 0.2) is 0 Å². The van der Waals surface area contributed by atoms with Crippen LogP contribution in [0.2, 0.25) is 5.15 Å². The minimum absolute atomic E-state index is 0.0116. The number of carbonyl (C=O) groups excluding carboxylic acids is 1. The second kappa shape index (κ2) is 6.01. The molecule has 0 atom stereocenters. The predicted octanol–water partition coefficient (Wildman–Crippen LogP) is 1.41. The molecular formula is C10H14ClN3O3S. The average Bonchev–Trinajstić information content (AvgIpc) is 2.67. The van der Waals surface area contributed by atoms with Gasteiger partial charge in [-0.2, -0.15) is 0 Å². The van der Waals surface area contributed by atoms with Crippen molar-refractivity contribution in [1.29, 1.82) is 0 Å². The topological polar surface area (TPSA) is 73.7 Å². The fourth-order valence-corrected chi connectivity index (χ4v) is 2.36. The van der Waals surface area contributed by atoms with Gasteiger partial charge in [-0.25, -0.2) is 9.78 Å². The van der Waals surface area contributed by atoms with Crippen molar-refractivity contribution in [3.63, 3.8) is 0 Å². The lowest BCUT2D eigenvalue weighted by Gasteiger charge is -2.21. The summed E-state index contributed by atoms with van der Waals surface area (Å²) < 4.78 is 0. The van der Waals surface area contributed by atoms with Gasteiger partial charge in [0.2, 0.25) is 5.91 Å². The Morgan fingerprint density at radius 1 is 1.44 bits per heavy atom. The van der Waals surface area contributed by atoms with Gasteiger partial charge in [-0.3, -0.25) is 4.79 Å². The van der Waals surface area contributed by atoms with Gasteiger partial charge in [0, 0.05) is 20.6 Å². The van der Waals surface area contributed by atoms with Crippen molar-refractivity contribution in [3.8, 4) is 0 Å². The molecule has 0 saturated heterocycles. The fraction of sp³-hybridized carbons (Fsp3) is 0.500. The van der Waals surface area contributed by atoms with Crippen LogP contribution in [0.3, 0.4) is 0 Å². The second-order valence-corrected chi connectivity index (χ2v) is 5.06. The maximum Gasteiger partial charge on any atom is 0.349 e. The van der Waals surface area contributed by atoms with Crippen molar-refractivity contribution < 1.29 is 14.7 Å². The van der Waals surface area contributed by atoms with Crippen LogP contribution in [0.1, 0.15) is 16.6 Å². The number of hydrogen-bond acceptors (Lipinski definition) is 5. The summed E-state index contributed by atoms with van der Waals surface area (Å²) in [5.74, 6) is -1.20. The molecule has 8 heteroatoms. The molecule has 0 spiro atoms. The largest absolute Gasteiger partial charge is 0.477 e. The Morgan fingerprint density at radius 2 is 2.06 bits per heavy atom. The third-order valence-corrected chi connectivity index (χ3v) is 3.74. The first kappa shape index (κ1) is 14.7. The minimum atomic E-state index is -1.11. The van der Waals surface area contributed by atoms with E-state index in [2.05, 4.69) is 4.98 Å². The van der Waals surface area contributed by atoms with Crippen LogP contribution in [-0.4, -0.2) is 54.1 Å². The number of thiazole rings is 1. The summed E-state index contributed by atoms with van der Waals surface area (Å²) in [6.45, 7) is 2.55. The molecule has 1 aromatic rings. The number of aromatic carboxylic acids is 1. The molecular weight excluding hydrogens is 278 g/mol. The van der Waals surface area contributed by atoms with Gasteiger partial charge < -0.3 is 14.9 Å². The summed E-state index contributed by atoms with van der Waals surface area (Å²) in [5.41, 5.74) is 0. The monoisotopic (exact) mass is 291 g/mol. The van der Waals surface area contributed by atoms with Crippen LogP contribution < -0.4 is 4.90 Å². The molecule has 0 aliphatic carbocycles. The molecule has 1 N–H and O–H groups in total. The first-order valence-electron chi connectivity index (χ1n) is 5.21. The quantitative estimate of drug-likeness (QED) is 0.888. The molecule has 0 aromatic carbocycles. The first-order valence-corrected chi connectivity index (χ1v) is 6.41. The Morgan fingerprint density at radius 3 is 2.44 bits per heavy atom. The summed E-state index contributed by atoms with van der Waals surface area (Å²) in [4.78, 5) is 29.6. The maximum atomic E-state index is 11.6. The zero-order chi connectivity index (χ0) is 13.9. The fourth-order valence-electron chi connectivity index (χ4n) is 1.18. The lowest BCUT2D eigenvalue weighted by Crippen LogP contribution is -2.36. The van der Waals surface area contributed by atoms with Gasteiger partial charge in [-0.15, -0.1) is 0 Å². The number of rotatable bonds is 5. The Hall–Kier alpha value is -1.34. The SMILES string of the molecule is CCN(CC(=O)N(C)C)c1nc(Cl)c(C(=O)O)s1.